The van der Waals surface area contributed by atoms with Crippen LogP contribution in [0.4, 0.5) is 28.4 Å². The molecule has 0 fully saturated rings. The van der Waals surface area contributed by atoms with Crippen LogP contribution < -0.4 is 9.80 Å². The van der Waals surface area contributed by atoms with Crippen molar-refractivity contribution in [2.24, 2.45) is 0 Å². The monoisotopic (exact) mass is 816 g/mol. The molecule has 0 bridgehead atoms. The molecule has 0 aromatic heterocycles. The Bertz CT molecular complexity index is 2600. The van der Waals surface area contributed by atoms with Gasteiger partial charge in [0.05, 0.1) is 5.70 Å². The molecular weight excluding hydrogens is 769 g/mol. The van der Waals surface area contributed by atoms with E-state index in [0.29, 0.717) is 19.3 Å². The number of benzene rings is 5. The number of allylic oxidation sites excluding steroid dienone is 4. The van der Waals surface area contributed by atoms with Gasteiger partial charge in [0.25, 0.3) is 0 Å². The van der Waals surface area contributed by atoms with Crippen molar-refractivity contribution in [3.05, 3.63) is 229 Å². The zero-order valence-electron chi connectivity index (χ0n) is 34.9. The zero-order chi connectivity index (χ0) is 43.0. The van der Waals surface area contributed by atoms with E-state index in [0.717, 1.165) is 67.7 Å². The normalized spacial score (nSPS) is 16.7. The molecule has 1 aliphatic heterocycles. The summed E-state index contributed by atoms with van der Waals surface area (Å²) in [6, 6.07) is 43.1. The van der Waals surface area contributed by atoms with Crippen molar-refractivity contribution in [2.75, 3.05) is 9.80 Å². The molecular formula is C55H48N2O5. The minimum absolute atomic E-state index is 0.306. The third-order valence-corrected chi connectivity index (χ3v) is 11.0. The predicted octanol–water partition coefficient (Wildman–Crippen LogP) is 13.1. The summed E-state index contributed by atoms with van der Waals surface area (Å²) in [7, 11) is 0. The Labute approximate surface area is 363 Å². The van der Waals surface area contributed by atoms with Crippen LogP contribution in [0.3, 0.4) is 0 Å². The minimum Gasteiger partial charge on any atom is -0.463 e. The third-order valence-electron chi connectivity index (χ3n) is 11.0. The van der Waals surface area contributed by atoms with Gasteiger partial charge in [0.2, 0.25) is 0 Å². The quantitative estimate of drug-likeness (QED) is 0.0866. The molecule has 5 aromatic carbocycles. The summed E-state index contributed by atoms with van der Waals surface area (Å²) < 4.78 is 17.1. The van der Waals surface area contributed by atoms with Gasteiger partial charge in [-0.1, -0.05) is 109 Å². The largest absolute Gasteiger partial charge is 0.463 e. The molecule has 0 saturated carbocycles. The first-order valence-electron chi connectivity index (χ1n) is 20.8. The van der Waals surface area contributed by atoms with Gasteiger partial charge in [-0.15, -0.1) is 0 Å². The molecule has 2 aliphatic carbocycles. The SMILES string of the molecule is C=CC(=O)OC1C=CC(C2=CCC(N(c3ccc(C4=CCC(OC(=O)C=C)C=C4)cc3)c3ccc(-c4ccc(N(c5ccc(C)cc5)c5ccc(C)cc5)cc4)cc3)=CO2)=CC1. The second kappa shape index (κ2) is 18.7. The van der Waals surface area contributed by atoms with Gasteiger partial charge in [-0.05, 0) is 115 Å². The van der Waals surface area contributed by atoms with Gasteiger partial charge in [-0.3, -0.25) is 0 Å². The summed E-state index contributed by atoms with van der Waals surface area (Å²) in [5.74, 6) is -0.118. The summed E-state index contributed by atoms with van der Waals surface area (Å²) in [5, 5.41) is 0. The highest BCUT2D eigenvalue weighted by molar-refractivity contribution is 5.83. The average Bonchev–Trinajstić information content (AvgIpc) is 3.32. The molecule has 5 aromatic rings. The number of carbonyl (C=O) groups excluding carboxylic acids is 2. The standard InChI is InChI=1S/C55H48N2O5/c1-5-54(58)61-51-32-17-43(18-33-51)42-15-29-49(30-16-42)57(50-31-36-53(60-37-50)44-19-34-52(35-20-44)62-55(59)6-2)48-27-13-41(14-28-48)40-11-25-47(26-12-40)56(45-21-7-38(3)8-22-45)46-23-9-39(4)10-24-46/h5-30,32,34,36-37,51-52H,1-2,31,33,35H2,3-4H3. The number of aryl methyl sites for hydroxylation is 2. The van der Waals surface area contributed by atoms with Crippen LogP contribution in [0.25, 0.3) is 16.7 Å². The number of anilines is 5. The topological polar surface area (TPSA) is 68.3 Å². The molecule has 0 amide bonds. The fourth-order valence-electron chi connectivity index (χ4n) is 7.65. The van der Waals surface area contributed by atoms with E-state index >= 15 is 0 Å². The molecule has 3 aliphatic rings. The summed E-state index contributed by atoms with van der Waals surface area (Å²) in [5.41, 5.74) is 13.9. The van der Waals surface area contributed by atoms with Crippen molar-refractivity contribution >= 4 is 45.9 Å². The average molecular weight is 817 g/mol. The van der Waals surface area contributed by atoms with Crippen molar-refractivity contribution in [3.8, 4) is 11.1 Å². The molecule has 0 spiro atoms. The Balaban J connectivity index is 1.04. The number of esters is 2. The van der Waals surface area contributed by atoms with E-state index in [-0.39, 0.29) is 12.2 Å². The highest BCUT2D eigenvalue weighted by atomic mass is 16.5. The van der Waals surface area contributed by atoms with Crippen LogP contribution in [-0.4, -0.2) is 24.1 Å². The van der Waals surface area contributed by atoms with Crippen LogP contribution in [0.5, 0.6) is 0 Å². The van der Waals surface area contributed by atoms with E-state index in [1.165, 1.54) is 23.3 Å². The smallest absolute Gasteiger partial charge is 0.330 e. The molecule has 2 unspecified atom stereocenters. The lowest BCUT2D eigenvalue weighted by Crippen LogP contribution is -2.19. The van der Waals surface area contributed by atoms with Gasteiger partial charge < -0.3 is 24.0 Å². The molecule has 2 atom stereocenters. The van der Waals surface area contributed by atoms with Crippen molar-refractivity contribution in [3.63, 3.8) is 0 Å². The van der Waals surface area contributed by atoms with Gasteiger partial charge in [0, 0.05) is 65.4 Å². The molecule has 308 valence electrons. The van der Waals surface area contributed by atoms with Gasteiger partial charge in [0.15, 0.2) is 0 Å². The van der Waals surface area contributed by atoms with Crippen LogP contribution in [-0.2, 0) is 23.8 Å². The molecule has 0 N–H and O–H groups in total. The second-order valence-electron chi connectivity index (χ2n) is 15.3. The lowest BCUT2D eigenvalue weighted by atomic mass is 9.97. The fraction of sp³-hybridized carbons (Fsp3) is 0.127. The first-order chi connectivity index (χ1) is 30.2. The van der Waals surface area contributed by atoms with Crippen LogP contribution in [0, 0.1) is 13.8 Å². The number of ether oxygens (including phenoxy) is 3. The maximum absolute atomic E-state index is 11.7. The number of nitrogens with zero attached hydrogens (tertiary/aromatic N) is 2. The first-order valence-corrected chi connectivity index (χ1v) is 20.8. The zero-order valence-corrected chi connectivity index (χ0v) is 34.9. The van der Waals surface area contributed by atoms with Crippen molar-refractivity contribution in [1.82, 2.24) is 0 Å². The minimum atomic E-state index is -0.442. The molecule has 0 radical (unpaired) electrons. The van der Waals surface area contributed by atoms with E-state index in [1.54, 1.807) is 0 Å². The lowest BCUT2D eigenvalue weighted by Gasteiger charge is -2.30. The maximum atomic E-state index is 11.7. The fourth-order valence-corrected chi connectivity index (χ4v) is 7.65. The van der Waals surface area contributed by atoms with Crippen LogP contribution in [0.2, 0.25) is 0 Å². The molecule has 8 rings (SSSR count). The van der Waals surface area contributed by atoms with E-state index in [9.17, 15) is 9.59 Å². The highest BCUT2D eigenvalue weighted by Crippen LogP contribution is 2.39. The molecule has 1 heterocycles. The van der Waals surface area contributed by atoms with Gasteiger partial charge in [-0.2, -0.15) is 0 Å². The molecule has 62 heavy (non-hydrogen) atoms. The van der Waals surface area contributed by atoms with Crippen molar-refractivity contribution in [2.45, 2.75) is 45.3 Å². The number of hydrogen-bond acceptors (Lipinski definition) is 7. The third kappa shape index (κ3) is 9.53. The maximum Gasteiger partial charge on any atom is 0.330 e. The van der Waals surface area contributed by atoms with E-state index in [4.69, 9.17) is 14.2 Å². The van der Waals surface area contributed by atoms with E-state index in [2.05, 4.69) is 170 Å². The summed E-state index contributed by atoms with van der Waals surface area (Å²) in [6.07, 6.45) is 19.2. The van der Waals surface area contributed by atoms with Crippen LogP contribution in [0.15, 0.2) is 212 Å². The summed E-state index contributed by atoms with van der Waals surface area (Å²) >= 11 is 0. The number of hydrogen-bond donors (Lipinski definition) is 0. The lowest BCUT2D eigenvalue weighted by molar-refractivity contribution is -0.141. The second-order valence-corrected chi connectivity index (χ2v) is 15.3. The predicted molar refractivity (Wildman–Crippen MR) is 250 cm³/mol. The number of carbonyl (C=O) groups is 2. The van der Waals surface area contributed by atoms with Gasteiger partial charge in [0.1, 0.15) is 24.2 Å². The Kier molecular flexibility index (Phi) is 12.4. The van der Waals surface area contributed by atoms with Gasteiger partial charge >= 0.3 is 11.9 Å². The molecule has 7 nitrogen and oxygen atoms in total. The Hall–Kier alpha value is -7.64. The summed E-state index contributed by atoms with van der Waals surface area (Å²) in [4.78, 5) is 27.9. The Morgan fingerprint density at radius 1 is 0.548 bits per heavy atom. The number of rotatable bonds is 13. The Morgan fingerprint density at radius 3 is 1.34 bits per heavy atom. The van der Waals surface area contributed by atoms with Crippen LogP contribution in [0.1, 0.15) is 36.0 Å². The molecule has 0 saturated heterocycles. The van der Waals surface area contributed by atoms with Crippen LogP contribution >= 0.6 is 0 Å². The van der Waals surface area contributed by atoms with Crippen molar-refractivity contribution < 1.29 is 23.8 Å². The highest BCUT2D eigenvalue weighted by Gasteiger charge is 2.22. The van der Waals surface area contributed by atoms with Gasteiger partial charge in [-0.25, -0.2) is 9.59 Å². The first kappa shape index (κ1) is 41.1. The van der Waals surface area contributed by atoms with Crippen molar-refractivity contribution in [1.29, 1.82) is 0 Å². The summed E-state index contributed by atoms with van der Waals surface area (Å²) in [6.45, 7) is 11.2. The van der Waals surface area contributed by atoms with E-state index in [1.807, 2.05) is 36.6 Å². The van der Waals surface area contributed by atoms with E-state index < -0.39 is 11.9 Å². The Morgan fingerprint density at radius 2 is 0.952 bits per heavy atom. The molecule has 7 heteroatoms.